The van der Waals surface area contributed by atoms with E-state index in [1.165, 1.54) is 0 Å². The van der Waals surface area contributed by atoms with E-state index in [4.69, 9.17) is 8.92 Å². The van der Waals surface area contributed by atoms with Crippen LogP contribution in [0.15, 0.2) is 71.6 Å². The van der Waals surface area contributed by atoms with Crippen LogP contribution in [0.4, 0.5) is 0 Å². The van der Waals surface area contributed by atoms with Crippen LogP contribution in [0, 0.1) is 0 Å². The Bertz CT molecular complexity index is 1040. The van der Waals surface area contributed by atoms with Gasteiger partial charge in [-0.2, -0.15) is 8.42 Å². The molecular formula is C22H24O4S. The second-order valence-corrected chi connectivity index (χ2v) is 8.73. The van der Waals surface area contributed by atoms with Crippen molar-refractivity contribution in [1.29, 1.82) is 0 Å². The van der Waals surface area contributed by atoms with Crippen molar-refractivity contribution in [1.82, 2.24) is 0 Å². The van der Waals surface area contributed by atoms with Crippen molar-refractivity contribution in [3.05, 3.63) is 72.3 Å². The molecule has 0 unspecified atom stereocenters. The lowest BCUT2D eigenvalue weighted by Gasteiger charge is -2.32. The summed E-state index contributed by atoms with van der Waals surface area (Å²) >= 11 is 0. The Kier molecular flexibility index (Phi) is 5.27. The van der Waals surface area contributed by atoms with Crippen LogP contribution < -0.4 is 4.74 Å². The summed E-state index contributed by atoms with van der Waals surface area (Å²) in [5.41, 5.74) is 0.506. The fourth-order valence-electron chi connectivity index (χ4n) is 2.94. The van der Waals surface area contributed by atoms with Gasteiger partial charge in [0, 0.05) is 5.41 Å². The van der Waals surface area contributed by atoms with Gasteiger partial charge in [-0.15, -0.1) is 0 Å². The van der Waals surface area contributed by atoms with E-state index in [0.717, 1.165) is 22.1 Å². The maximum absolute atomic E-state index is 12.6. The topological polar surface area (TPSA) is 52.6 Å². The van der Waals surface area contributed by atoms with Gasteiger partial charge in [0.15, 0.2) is 0 Å². The largest absolute Gasteiger partial charge is 0.497 e. The molecule has 0 aliphatic rings. The molecule has 4 nitrogen and oxygen atoms in total. The normalized spacial score (nSPS) is 13.5. The van der Waals surface area contributed by atoms with Crippen LogP contribution in [0.1, 0.15) is 26.3 Å². The molecule has 3 aromatic carbocycles. The van der Waals surface area contributed by atoms with E-state index in [-0.39, 0.29) is 4.90 Å². The molecule has 0 fully saturated rings. The predicted octanol–water partition coefficient (Wildman–Crippen LogP) is 4.92. The van der Waals surface area contributed by atoms with Crippen molar-refractivity contribution in [3.8, 4) is 5.75 Å². The van der Waals surface area contributed by atoms with E-state index in [1.54, 1.807) is 44.4 Å². The Hall–Kier alpha value is -2.37. The summed E-state index contributed by atoms with van der Waals surface area (Å²) in [6.07, 6.45) is -0.543. The van der Waals surface area contributed by atoms with Gasteiger partial charge in [-0.25, -0.2) is 0 Å². The first-order valence-corrected chi connectivity index (χ1v) is 10.2. The quantitative estimate of drug-likeness (QED) is 0.566. The molecule has 27 heavy (non-hydrogen) atoms. The molecule has 3 aromatic rings. The van der Waals surface area contributed by atoms with Gasteiger partial charge < -0.3 is 4.74 Å². The van der Waals surface area contributed by atoms with Gasteiger partial charge in [-0.05, 0) is 47.5 Å². The predicted molar refractivity (Wildman–Crippen MR) is 108 cm³/mol. The number of methoxy groups -OCH3 is 1. The fraction of sp³-hybridized carbons (Fsp3) is 0.273. The first-order chi connectivity index (χ1) is 12.7. The Labute approximate surface area is 160 Å². The zero-order chi connectivity index (χ0) is 19.7. The Morgan fingerprint density at radius 1 is 0.889 bits per heavy atom. The molecule has 0 heterocycles. The summed E-state index contributed by atoms with van der Waals surface area (Å²) in [4.78, 5) is 0.165. The SMILES string of the molecule is COc1ccc2cc(C(C)(C)[C@H](C)OS(=O)(=O)c3ccccc3)ccc2c1. The monoisotopic (exact) mass is 384 g/mol. The number of rotatable bonds is 6. The highest BCUT2D eigenvalue weighted by molar-refractivity contribution is 7.86. The first kappa shape index (κ1) is 19.4. The lowest BCUT2D eigenvalue weighted by Crippen LogP contribution is -2.35. The highest BCUT2D eigenvalue weighted by Crippen LogP contribution is 2.33. The van der Waals surface area contributed by atoms with Gasteiger partial charge in [0.05, 0.1) is 18.1 Å². The molecule has 0 aromatic heterocycles. The summed E-state index contributed by atoms with van der Waals surface area (Å²) in [6, 6.07) is 20.2. The number of hydrogen-bond donors (Lipinski definition) is 0. The summed E-state index contributed by atoms with van der Waals surface area (Å²) in [5, 5.41) is 2.14. The van der Waals surface area contributed by atoms with Crippen LogP contribution in [-0.4, -0.2) is 21.6 Å². The summed E-state index contributed by atoms with van der Waals surface area (Å²) in [5.74, 6) is 0.806. The molecule has 0 aliphatic carbocycles. The molecule has 142 valence electrons. The molecule has 0 spiro atoms. The lowest BCUT2D eigenvalue weighted by atomic mass is 9.79. The highest BCUT2D eigenvalue weighted by atomic mass is 32.2. The van der Waals surface area contributed by atoms with Crippen molar-refractivity contribution < 1.29 is 17.3 Å². The first-order valence-electron chi connectivity index (χ1n) is 8.80. The van der Waals surface area contributed by atoms with E-state index in [0.29, 0.717) is 0 Å². The number of ether oxygens (including phenoxy) is 1. The van der Waals surface area contributed by atoms with E-state index in [9.17, 15) is 8.42 Å². The van der Waals surface area contributed by atoms with Crippen molar-refractivity contribution in [2.24, 2.45) is 0 Å². The molecule has 0 radical (unpaired) electrons. The Morgan fingerprint density at radius 2 is 1.52 bits per heavy atom. The molecule has 0 amide bonds. The van der Waals surface area contributed by atoms with Crippen LogP contribution in [-0.2, 0) is 19.7 Å². The lowest BCUT2D eigenvalue weighted by molar-refractivity contribution is 0.150. The minimum atomic E-state index is -3.82. The molecule has 0 saturated carbocycles. The molecule has 3 rings (SSSR count). The minimum absolute atomic E-state index is 0.165. The highest BCUT2D eigenvalue weighted by Gasteiger charge is 2.33. The third-order valence-corrected chi connectivity index (χ3v) is 6.50. The Morgan fingerprint density at radius 3 is 2.19 bits per heavy atom. The summed E-state index contributed by atoms with van der Waals surface area (Å²) in [6.45, 7) is 5.77. The van der Waals surface area contributed by atoms with Gasteiger partial charge >= 0.3 is 0 Å². The maximum Gasteiger partial charge on any atom is 0.297 e. The standard InChI is InChI=1S/C22H24O4S/c1-16(26-27(23,24)21-8-6-5-7-9-21)22(2,3)19-12-10-18-15-20(25-4)13-11-17(18)14-19/h5-16H,1-4H3/t16-/m0/s1. The molecule has 0 bridgehead atoms. The molecule has 1 atom stereocenters. The van der Waals surface area contributed by atoms with Gasteiger partial charge in [-0.1, -0.05) is 56.3 Å². The van der Waals surface area contributed by atoms with Crippen LogP contribution in [0.5, 0.6) is 5.75 Å². The van der Waals surface area contributed by atoms with Crippen molar-refractivity contribution in [2.75, 3.05) is 7.11 Å². The molecular weight excluding hydrogens is 360 g/mol. The van der Waals surface area contributed by atoms with Crippen LogP contribution in [0.3, 0.4) is 0 Å². The average molecular weight is 384 g/mol. The van der Waals surface area contributed by atoms with Crippen molar-refractivity contribution in [3.63, 3.8) is 0 Å². The second-order valence-electron chi connectivity index (χ2n) is 7.16. The zero-order valence-electron chi connectivity index (χ0n) is 16.0. The van der Waals surface area contributed by atoms with Gasteiger partial charge in [-0.3, -0.25) is 4.18 Å². The molecule has 0 N–H and O–H groups in total. The van der Waals surface area contributed by atoms with Crippen molar-refractivity contribution >= 4 is 20.9 Å². The molecule has 0 saturated heterocycles. The van der Waals surface area contributed by atoms with Gasteiger partial charge in [0.2, 0.25) is 0 Å². The maximum atomic E-state index is 12.6. The summed E-state index contributed by atoms with van der Waals surface area (Å²) < 4.78 is 35.9. The van der Waals surface area contributed by atoms with Gasteiger partial charge in [0.25, 0.3) is 10.1 Å². The molecule has 0 aliphatic heterocycles. The van der Waals surface area contributed by atoms with E-state index in [1.807, 2.05) is 44.2 Å². The minimum Gasteiger partial charge on any atom is -0.497 e. The van der Waals surface area contributed by atoms with E-state index < -0.39 is 21.6 Å². The third-order valence-electron chi connectivity index (χ3n) is 5.11. The molecule has 5 heteroatoms. The number of fused-ring (bicyclic) bond motifs is 1. The van der Waals surface area contributed by atoms with Crippen LogP contribution >= 0.6 is 0 Å². The summed E-state index contributed by atoms with van der Waals surface area (Å²) in [7, 11) is -2.18. The average Bonchev–Trinajstić information content (AvgIpc) is 2.67. The van der Waals surface area contributed by atoms with Gasteiger partial charge in [0.1, 0.15) is 5.75 Å². The Balaban J connectivity index is 1.89. The third kappa shape index (κ3) is 3.99. The van der Waals surface area contributed by atoms with E-state index in [2.05, 4.69) is 6.07 Å². The zero-order valence-corrected chi connectivity index (χ0v) is 16.8. The van der Waals surface area contributed by atoms with Crippen molar-refractivity contribution in [2.45, 2.75) is 37.2 Å². The fourth-order valence-corrected chi connectivity index (χ4v) is 4.16. The smallest absolute Gasteiger partial charge is 0.297 e. The number of benzene rings is 3. The number of hydrogen-bond acceptors (Lipinski definition) is 4. The van der Waals surface area contributed by atoms with Crippen LogP contribution in [0.25, 0.3) is 10.8 Å². The van der Waals surface area contributed by atoms with E-state index >= 15 is 0 Å². The second kappa shape index (κ2) is 7.33. The van der Waals surface area contributed by atoms with Crippen LogP contribution in [0.2, 0.25) is 0 Å².